The highest BCUT2D eigenvalue weighted by Gasteiger charge is 2.05. The summed E-state index contributed by atoms with van der Waals surface area (Å²) in [6, 6.07) is 10.4. The predicted octanol–water partition coefficient (Wildman–Crippen LogP) is 3.54. The summed E-state index contributed by atoms with van der Waals surface area (Å²) in [4.78, 5) is 3.91. The molecule has 0 radical (unpaired) electrons. The molecule has 0 bridgehead atoms. The largest absolute Gasteiger partial charge is 0.437 e. The van der Waals surface area contributed by atoms with Crippen molar-refractivity contribution in [2.45, 2.75) is 0 Å². The molecule has 0 unspecified atom stereocenters. The van der Waals surface area contributed by atoms with Gasteiger partial charge < -0.3 is 4.74 Å². The van der Waals surface area contributed by atoms with Crippen molar-refractivity contribution in [3.63, 3.8) is 0 Å². The second-order valence-electron chi connectivity index (χ2n) is 3.15. The first-order valence-corrected chi connectivity index (χ1v) is 5.07. The highest BCUT2D eigenvalue weighted by molar-refractivity contribution is 6.32. The first-order chi connectivity index (χ1) is 8.19. The standard InChI is InChI=1S/C12H6ClFN2O/c13-10-6-8(14)4-5-11(10)17-12-3-1-2-9(7-15)16-12/h1-6H. The molecule has 0 aliphatic heterocycles. The van der Waals surface area contributed by atoms with Gasteiger partial charge in [-0.2, -0.15) is 5.26 Å². The van der Waals surface area contributed by atoms with Crippen LogP contribution in [-0.4, -0.2) is 4.98 Å². The Labute approximate surface area is 102 Å². The minimum atomic E-state index is -0.443. The molecule has 5 heteroatoms. The number of hydrogen-bond donors (Lipinski definition) is 0. The lowest BCUT2D eigenvalue weighted by Crippen LogP contribution is -1.91. The lowest BCUT2D eigenvalue weighted by Gasteiger charge is -2.06. The number of pyridine rings is 1. The molecule has 0 amide bonds. The predicted molar refractivity (Wildman–Crippen MR) is 60.4 cm³/mol. The van der Waals surface area contributed by atoms with Crippen molar-refractivity contribution >= 4 is 11.6 Å². The van der Waals surface area contributed by atoms with Gasteiger partial charge in [-0.15, -0.1) is 0 Å². The molecule has 0 N–H and O–H groups in total. The maximum absolute atomic E-state index is 12.8. The fraction of sp³-hybridized carbons (Fsp3) is 0. The molecule has 0 atom stereocenters. The molecule has 0 fully saturated rings. The number of ether oxygens (including phenoxy) is 1. The highest BCUT2D eigenvalue weighted by Crippen LogP contribution is 2.28. The van der Waals surface area contributed by atoms with Crippen molar-refractivity contribution in [1.29, 1.82) is 5.26 Å². The van der Waals surface area contributed by atoms with Crippen LogP contribution in [0.25, 0.3) is 0 Å². The van der Waals surface area contributed by atoms with Crippen LogP contribution < -0.4 is 4.74 Å². The molecule has 0 spiro atoms. The normalized spacial score (nSPS) is 9.71. The van der Waals surface area contributed by atoms with Crippen LogP contribution in [0.4, 0.5) is 4.39 Å². The zero-order valence-corrected chi connectivity index (χ0v) is 9.28. The molecule has 0 saturated carbocycles. The number of rotatable bonds is 2. The summed E-state index contributed by atoms with van der Waals surface area (Å²) in [6.45, 7) is 0. The lowest BCUT2D eigenvalue weighted by atomic mass is 10.3. The first kappa shape index (κ1) is 11.4. The molecule has 17 heavy (non-hydrogen) atoms. The average Bonchev–Trinajstić information content (AvgIpc) is 2.33. The van der Waals surface area contributed by atoms with Gasteiger partial charge in [0.05, 0.1) is 5.02 Å². The number of halogens is 2. The van der Waals surface area contributed by atoms with Gasteiger partial charge in [-0.3, -0.25) is 0 Å². The molecule has 0 aliphatic carbocycles. The molecule has 1 aromatic carbocycles. The Hall–Kier alpha value is -2.12. The molecule has 1 heterocycles. The molecule has 0 aliphatic rings. The first-order valence-electron chi connectivity index (χ1n) is 4.69. The van der Waals surface area contributed by atoms with Crippen LogP contribution >= 0.6 is 11.6 Å². The lowest BCUT2D eigenvalue weighted by molar-refractivity contribution is 0.461. The minimum Gasteiger partial charge on any atom is -0.437 e. The van der Waals surface area contributed by atoms with Gasteiger partial charge in [0.2, 0.25) is 5.88 Å². The fourth-order valence-corrected chi connectivity index (χ4v) is 1.41. The van der Waals surface area contributed by atoms with E-state index in [0.717, 1.165) is 6.07 Å². The molecule has 84 valence electrons. The van der Waals surface area contributed by atoms with Crippen LogP contribution in [0.1, 0.15) is 5.69 Å². The maximum Gasteiger partial charge on any atom is 0.220 e. The average molecular weight is 249 g/mol. The van der Waals surface area contributed by atoms with Gasteiger partial charge in [0, 0.05) is 6.07 Å². The minimum absolute atomic E-state index is 0.147. The van der Waals surface area contributed by atoms with Crippen molar-refractivity contribution in [1.82, 2.24) is 4.98 Å². The van der Waals surface area contributed by atoms with Gasteiger partial charge in [-0.1, -0.05) is 17.7 Å². The van der Waals surface area contributed by atoms with Gasteiger partial charge >= 0.3 is 0 Å². The van der Waals surface area contributed by atoms with Crippen LogP contribution in [0.3, 0.4) is 0 Å². The fourth-order valence-electron chi connectivity index (χ4n) is 1.20. The van der Waals surface area contributed by atoms with E-state index >= 15 is 0 Å². The maximum atomic E-state index is 12.8. The van der Waals surface area contributed by atoms with Gasteiger partial charge in [0.1, 0.15) is 23.3 Å². The molecular formula is C12H6ClFN2O. The highest BCUT2D eigenvalue weighted by atomic mass is 35.5. The Morgan fingerprint density at radius 3 is 2.82 bits per heavy atom. The molecule has 2 rings (SSSR count). The van der Waals surface area contributed by atoms with Crippen LogP contribution in [0, 0.1) is 17.1 Å². The van der Waals surface area contributed by atoms with E-state index in [0.29, 0.717) is 0 Å². The van der Waals surface area contributed by atoms with E-state index in [2.05, 4.69) is 4.98 Å². The number of aromatic nitrogens is 1. The van der Waals surface area contributed by atoms with Crippen molar-refractivity contribution in [2.24, 2.45) is 0 Å². The Morgan fingerprint density at radius 1 is 1.29 bits per heavy atom. The second-order valence-corrected chi connectivity index (χ2v) is 3.56. The quantitative estimate of drug-likeness (QED) is 0.817. The number of nitrogens with zero attached hydrogens (tertiary/aromatic N) is 2. The molecule has 1 aromatic heterocycles. The number of benzene rings is 1. The van der Waals surface area contributed by atoms with E-state index in [-0.39, 0.29) is 22.3 Å². The number of nitriles is 1. The van der Waals surface area contributed by atoms with Crippen molar-refractivity contribution < 1.29 is 9.13 Å². The Bertz CT molecular complexity index is 595. The van der Waals surface area contributed by atoms with Gasteiger partial charge in [0.15, 0.2) is 0 Å². The van der Waals surface area contributed by atoms with Crippen LogP contribution in [-0.2, 0) is 0 Å². The van der Waals surface area contributed by atoms with E-state index in [1.165, 1.54) is 12.1 Å². The summed E-state index contributed by atoms with van der Waals surface area (Å²) in [7, 11) is 0. The monoisotopic (exact) mass is 248 g/mol. The van der Waals surface area contributed by atoms with E-state index in [9.17, 15) is 4.39 Å². The third kappa shape index (κ3) is 2.71. The Kier molecular flexibility index (Phi) is 3.22. The van der Waals surface area contributed by atoms with Gasteiger partial charge in [-0.05, 0) is 24.3 Å². The molecule has 0 saturated heterocycles. The molecule has 3 nitrogen and oxygen atoms in total. The van der Waals surface area contributed by atoms with Gasteiger partial charge in [0.25, 0.3) is 0 Å². The van der Waals surface area contributed by atoms with E-state index < -0.39 is 5.82 Å². The third-order valence-corrected chi connectivity index (χ3v) is 2.24. The van der Waals surface area contributed by atoms with Crippen LogP contribution in [0.5, 0.6) is 11.6 Å². The topological polar surface area (TPSA) is 45.9 Å². The van der Waals surface area contributed by atoms with Crippen molar-refractivity contribution in [3.8, 4) is 17.7 Å². The summed E-state index contributed by atoms with van der Waals surface area (Å²) in [5.74, 6) is 0.0781. The third-order valence-electron chi connectivity index (χ3n) is 1.95. The second kappa shape index (κ2) is 4.81. The van der Waals surface area contributed by atoms with E-state index in [4.69, 9.17) is 21.6 Å². The SMILES string of the molecule is N#Cc1cccc(Oc2ccc(F)cc2Cl)n1. The summed E-state index contributed by atoms with van der Waals surface area (Å²) in [6.07, 6.45) is 0. The van der Waals surface area contributed by atoms with Crippen LogP contribution in [0.2, 0.25) is 5.02 Å². The zero-order chi connectivity index (χ0) is 12.3. The van der Waals surface area contributed by atoms with E-state index in [1.807, 2.05) is 6.07 Å². The van der Waals surface area contributed by atoms with Crippen molar-refractivity contribution in [3.05, 3.63) is 52.9 Å². The smallest absolute Gasteiger partial charge is 0.220 e. The Balaban J connectivity index is 2.28. The van der Waals surface area contributed by atoms with Crippen LogP contribution in [0.15, 0.2) is 36.4 Å². The summed E-state index contributed by atoms with van der Waals surface area (Å²) >= 11 is 5.80. The molecule has 2 aromatic rings. The number of hydrogen-bond acceptors (Lipinski definition) is 3. The summed E-state index contributed by atoms with van der Waals surface area (Å²) in [5.41, 5.74) is 0.237. The molecular weight excluding hydrogens is 243 g/mol. The van der Waals surface area contributed by atoms with Crippen molar-refractivity contribution in [2.75, 3.05) is 0 Å². The Morgan fingerprint density at radius 2 is 2.12 bits per heavy atom. The summed E-state index contributed by atoms with van der Waals surface area (Å²) < 4.78 is 18.2. The van der Waals surface area contributed by atoms with Gasteiger partial charge in [-0.25, -0.2) is 9.37 Å². The van der Waals surface area contributed by atoms with E-state index in [1.54, 1.807) is 18.2 Å². The zero-order valence-electron chi connectivity index (χ0n) is 8.52. The summed E-state index contributed by atoms with van der Waals surface area (Å²) in [5, 5.41) is 8.82.